The number of imide groups is 2. The second-order valence-corrected chi connectivity index (χ2v) is 9.71. The molecule has 4 rings (SSSR count). The maximum Gasteiger partial charge on any atom is 0.344 e. The fraction of sp³-hybridized carbons (Fsp3) is 0.542. The Labute approximate surface area is 202 Å². The molecule has 1 atom stereocenters. The minimum atomic E-state index is -1.43. The van der Waals surface area contributed by atoms with Gasteiger partial charge in [0.1, 0.15) is 23.4 Å². The lowest BCUT2D eigenvalue weighted by molar-refractivity contribution is -0.141. The Morgan fingerprint density at radius 2 is 1.71 bits per heavy atom. The first kappa shape index (κ1) is 24.6. The van der Waals surface area contributed by atoms with Gasteiger partial charge in [-0.3, -0.25) is 24.7 Å². The molecule has 0 bridgehead atoms. The molecule has 1 unspecified atom stereocenters. The highest BCUT2D eigenvalue weighted by atomic mass is 19.1. The minimum absolute atomic E-state index is 0.270. The van der Waals surface area contributed by atoms with Crippen LogP contribution >= 0.6 is 0 Å². The van der Waals surface area contributed by atoms with E-state index in [1.165, 1.54) is 24.3 Å². The zero-order valence-electron chi connectivity index (χ0n) is 19.9. The van der Waals surface area contributed by atoms with Crippen LogP contribution in [0.3, 0.4) is 0 Å². The first-order valence-electron chi connectivity index (χ1n) is 12.0. The number of benzene rings is 1. The number of hydrogen-bond donors (Lipinski definition) is 3. The molecule has 3 N–H and O–H groups in total. The topological polar surface area (TPSA) is 128 Å². The van der Waals surface area contributed by atoms with Gasteiger partial charge in [-0.05, 0) is 55.7 Å². The molecule has 11 heteroatoms. The summed E-state index contributed by atoms with van der Waals surface area (Å²) >= 11 is 0. The van der Waals surface area contributed by atoms with Crippen LogP contribution in [0.15, 0.2) is 24.3 Å². The third-order valence-electron chi connectivity index (χ3n) is 7.25. The number of carbonyl (C=O) groups is 5. The summed E-state index contributed by atoms with van der Waals surface area (Å²) in [4.78, 5) is 65.1. The van der Waals surface area contributed by atoms with Gasteiger partial charge in [0, 0.05) is 0 Å². The summed E-state index contributed by atoms with van der Waals surface area (Å²) in [5.41, 5.74) is 0.211. The first-order chi connectivity index (χ1) is 16.6. The summed E-state index contributed by atoms with van der Waals surface area (Å²) in [6.45, 7) is 3.34. The van der Waals surface area contributed by atoms with E-state index in [0.29, 0.717) is 35.8 Å². The van der Waals surface area contributed by atoms with Crippen molar-refractivity contribution >= 4 is 29.8 Å². The highest BCUT2D eigenvalue weighted by molar-refractivity contribution is 6.11. The summed E-state index contributed by atoms with van der Waals surface area (Å²) in [5, 5.41) is 6.02. The van der Waals surface area contributed by atoms with Crippen LogP contribution in [-0.4, -0.2) is 51.8 Å². The number of unbranched alkanes of at least 4 members (excludes halogenated alkanes) is 1. The maximum absolute atomic E-state index is 13.5. The van der Waals surface area contributed by atoms with Crippen LogP contribution in [0, 0.1) is 11.7 Å². The molecule has 2 aliphatic heterocycles. The Morgan fingerprint density at radius 3 is 2.34 bits per heavy atom. The largest absolute Gasteiger partial charge is 0.344 e. The van der Waals surface area contributed by atoms with Crippen LogP contribution in [0.2, 0.25) is 0 Å². The molecule has 0 radical (unpaired) electrons. The van der Waals surface area contributed by atoms with Crippen molar-refractivity contribution in [1.82, 2.24) is 26.0 Å². The molecule has 1 aliphatic carbocycles. The molecule has 1 aromatic carbocycles. The fourth-order valence-corrected chi connectivity index (χ4v) is 5.07. The second-order valence-electron chi connectivity index (χ2n) is 9.71. The van der Waals surface area contributed by atoms with Gasteiger partial charge in [-0.15, -0.1) is 0 Å². The van der Waals surface area contributed by atoms with E-state index in [1.807, 2.05) is 6.92 Å². The number of urea groups is 2. The van der Waals surface area contributed by atoms with Crippen molar-refractivity contribution in [3.05, 3.63) is 35.6 Å². The molecule has 3 fully saturated rings. The van der Waals surface area contributed by atoms with Crippen LogP contribution in [0.25, 0.3) is 0 Å². The lowest BCUT2D eigenvalue weighted by Crippen LogP contribution is -2.53. The van der Waals surface area contributed by atoms with Gasteiger partial charge in [0.15, 0.2) is 0 Å². The van der Waals surface area contributed by atoms with Crippen molar-refractivity contribution in [1.29, 1.82) is 0 Å². The highest BCUT2D eigenvalue weighted by Crippen LogP contribution is 2.36. The van der Waals surface area contributed by atoms with Gasteiger partial charge in [-0.1, -0.05) is 38.8 Å². The van der Waals surface area contributed by atoms with E-state index in [2.05, 4.69) is 23.0 Å². The number of carbonyl (C=O) groups excluding carboxylic acids is 5. The standard InChI is InChI=1S/C24H30FN5O5/c1-3-4-11-24(16-5-7-17(25)8-6-16)20(33)29(21(34)27-24)14-18(31)28-30-19(32)23(26-22(30)35)12-9-15(2)10-13-23/h5-8,15H,3-4,9-14H2,1-2H3,(H,26,35)(H,27,34)(H,28,31). The fourth-order valence-electron chi connectivity index (χ4n) is 5.07. The van der Waals surface area contributed by atoms with E-state index in [4.69, 9.17) is 0 Å². The van der Waals surface area contributed by atoms with Gasteiger partial charge in [0.2, 0.25) is 0 Å². The molecule has 35 heavy (non-hydrogen) atoms. The van der Waals surface area contributed by atoms with Crippen molar-refractivity contribution in [3.8, 4) is 0 Å². The van der Waals surface area contributed by atoms with Crippen molar-refractivity contribution in [2.45, 2.75) is 69.9 Å². The molecule has 1 saturated carbocycles. The quantitative estimate of drug-likeness (QED) is 0.509. The van der Waals surface area contributed by atoms with Gasteiger partial charge in [0.25, 0.3) is 17.7 Å². The van der Waals surface area contributed by atoms with Crippen LogP contribution in [0.5, 0.6) is 0 Å². The summed E-state index contributed by atoms with van der Waals surface area (Å²) in [7, 11) is 0. The Kier molecular flexibility index (Phi) is 6.52. The number of rotatable bonds is 7. The summed E-state index contributed by atoms with van der Waals surface area (Å²) in [6.07, 6.45) is 4.14. The molecule has 2 saturated heterocycles. The lowest BCUT2D eigenvalue weighted by Gasteiger charge is -2.33. The van der Waals surface area contributed by atoms with E-state index in [-0.39, 0.29) is 6.42 Å². The predicted molar refractivity (Wildman–Crippen MR) is 122 cm³/mol. The number of nitrogens with one attached hydrogen (secondary N) is 3. The molecule has 3 aliphatic rings. The average molecular weight is 488 g/mol. The number of amides is 7. The number of hydrogen-bond acceptors (Lipinski definition) is 5. The monoisotopic (exact) mass is 487 g/mol. The molecular formula is C24H30FN5O5. The van der Waals surface area contributed by atoms with E-state index in [9.17, 15) is 28.4 Å². The van der Waals surface area contributed by atoms with Crippen LogP contribution in [-0.2, 0) is 19.9 Å². The Bertz CT molecular complexity index is 1050. The Hall–Kier alpha value is -3.50. The maximum atomic E-state index is 13.5. The number of halogens is 1. The van der Waals surface area contributed by atoms with Crippen LogP contribution in [0.4, 0.5) is 14.0 Å². The Balaban J connectivity index is 1.48. The van der Waals surface area contributed by atoms with Gasteiger partial charge in [-0.25, -0.2) is 14.0 Å². The van der Waals surface area contributed by atoms with E-state index >= 15 is 0 Å². The van der Waals surface area contributed by atoms with Crippen molar-refractivity contribution < 1.29 is 28.4 Å². The van der Waals surface area contributed by atoms with E-state index in [1.54, 1.807) is 0 Å². The first-order valence-corrected chi connectivity index (χ1v) is 12.0. The van der Waals surface area contributed by atoms with Gasteiger partial charge in [-0.2, -0.15) is 5.01 Å². The molecule has 188 valence electrons. The lowest BCUT2D eigenvalue weighted by atomic mass is 9.77. The molecule has 7 amide bonds. The van der Waals surface area contributed by atoms with Gasteiger partial charge >= 0.3 is 12.1 Å². The smallest absolute Gasteiger partial charge is 0.322 e. The highest BCUT2D eigenvalue weighted by Gasteiger charge is 2.54. The zero-order valence-corrected chi connectivity index (χ0v) is 19.9. The predicted octanol–water partition coefficient (Wildman–Crippen LogP) is 2.29. The third kappa shape index (κ3) is 4.35. The molecule has 2 heterocycles. The molecule has 10 nitrogen and oxygen atoms in total. The summed E-state index contributed by atoms with van der Waals surface area (Å²) in [5.74, 6) is -2.08. The van der Waals surface area contributed by atoms with Gasteiger partial charge in [0.05, 0.1) is 0 Å². The summed E-state index contributed by atoms with van der Waals surface area (Å²) < 4.78 is 13.5. The molecule has 0 aromatic heterocycles. The zero-order chi connectivity index (χ0) is 25.4. The summed E-state index contributed by atoms with van der Waals surface area (Å²) in [6, 6.07) is 3.77. The van der Waals surface area contributed by atoms with Crippen molar-refractivity contribution in [3.63, 3.8) is 0 Å². The molecule has 1 aromatic rings. The van der Waals surface area contributed by atoms with Gasteiger partial charge < -0.3 is 10.6 Å². The van der Waals surface area contributed by atoms with Crippen LogP contribution < -0.4 is 16.1 Å². The van der Waals surface area contributed by atoms with E-state index < -0.39 is 53.2 Å². The van der Waals surface area contributed by atoms with Crippen LogP contribution in [0.1, 0.15) is 64.4 Å². The normalized spacial score (nSPS) is 28.5. The minimum Gasteiger partial charge on any atom is -0.322 e. The third-order valence-corrected chi connectivity index (χ3v) is 7.25. The average Bonchev–Trinajstić information content (AvgIpc) is 3.20. The number of nitrogens with zero attached hydrogens (tertiary/aromatic N) is 2. The molecular weight excluding hydrogens is 457 g/mol. The van der Waals surface area contributed by atoms with Crippen molar-refractivity contribution in [2.75, 3.05) is 6.54 Å². The molecule has 1 spiro atoms. The second kappa shape index (κ2) is 9.27. The SMILES string of the molecule is CCCCC1(c2ccc(F)cc2)NC(=O)N(CC(=O)NN2C(=O)NC3(CCC(C)CC3)C2=O)C1=O. The number of hydrazine groups is 1. The van der Waals surface area contributed by atoms with E-state index in [0.717, 1.165) is 24.2 Å². The van der Waals surface area contributed by atoms with Crippen molar-refractivity contribution in [2.24, 2.45) is 5.92 Å². The Morgan fingerprint density at radius 1 is 1.06 bits per heavy atom.